The highest BCUT2D eigenvalue weighted by atomic mass is 32.1. The Bertz CT molecular complexity index is 434. The molecule has 0 aliphatic carbocycles. The van der Waals surface area contributed by atoms with Crippen LogP contribution in [0.3, 0.4) is 0 Å². The third-order valence-electron chi connectivity index (χ3n) is 3.53. The van der Waals surface area contributed by atoms with Gasteiger partial charge in [-0.05, 0) is 38.6 Å². The van der Waals surface area contributed by atoms with Crippen LogP contribution in [0, 0.1) is 5.92 Å². The average molecular weight is 298 g/mol. The third-order valence-corrected chi connectivity index (χ3v) is 4.40. The molecule has 1 saturated heterocycles. The first kappa shape index (κ1) is 15.4. The fourth-order valence-electron chi connectivity index (χ4n) is 2.61. The van der Waals surface area contributed by atoms with E-state index in [1.165, 1.54) is 24.2 Å². The number of hydrogen-bond donors (Lipinski definition) is 1. The van der Waals surface area contributed by atoms with E-state index in [4.69, 9.17) is 9.84 Å². The van der Waals surface area contributed by atoms with Crippen molar-refractivity contribution in [1.82, 2.24) is 9.88 Å². The molecule has 6 heteroatoms. The molecule has 1 aliphatic rings. The zero-order valence-corrected chi connectivity index (χ0v) is 12.7. The van der Waals surface area contributed by atoms with E-state index < -0.39 is 0 Å². The van der Waals surface area contributed by atoms with Gasteiger partial charge in [0.25, 0.3) is 0 Å². The lowest BCUT2D eigenvalue weighted by molar-refractivity contribution is 0.0525. The normalized spacial score (nSPS) is 20.0. The number of hydrogen-bond acceptors (Lipinski definition) is 6. The molecule has 5 nitrogen and oxygen atoms in total. The lowest BCUT2D eigenvalue weighted by Crippen LogP contribution is -2.35. The van der Waals surface area contributed by atoms with Crippen molar-refractivity contribution in [3.63, 3.8) is 0 Å². The van der Waals surface area contributed by atoms with Gasteiger partial charge < -0.3 is 9.84 Å². The summed E-state index contributed by atoms with van der Waals surface area (Å²) in [7, 11) is 0. The molecule has 0 spiro atoms. The molecule has 1 aromatic heterocycles. The fraction of sp³-hybridized carbons (Fsp3) is 0.714. The Balaban J connectivity index is 1.88. The average Bonchev–Trinajstić information content (AvgIpc) is 2.88. The molecule has 0 bridgehead atoms. The molecule has 2 rings (SSSR count). The minimum Gasteiger partial charge on any atom is -0.461 e. The Morgan fingerprint density at radius 1 is 1.65 bits per heavy atom. The van der Waals surface area contributed by atoms with E-state index in [0.717, 1.165) is 31.7 Å². The highest BCUT2D eigenvalue weighted by molar-refractivity contribution is 7.11. The molecule has 0 aromatic carbocycles. The number of aliphatic hydroxyl groups is 1. The molecule has 0 saturated carbocycles. The second kappa shape index (κ2) is 7.71. The number of piperidine rings is 1. The van der Waals surface area contributed by atoms with Gasteiger partial charge in [-0.3, -0.25) is 4.90 Å². The molecule has 1 N–H and O–H groups in total. The standard InChI is InChI=1S/C14H22N2O3S/c1-2-19-14(18)13-15-12(10-20-13)9-16-6-3-4-11(8-16)5-7-17/h10-11,17H,2-9H2,1H3. The van der Waals surface area contributed by atoms with Crippen molar-refractivity contribution in [1.29, 1.82) is 0 Å². The summed E-state index contributed by atoms with van der Waals surface area (Å²) in [6, 6.07) is 0. The molecule has 0 amide bonds. The Hall–Kier alpha value is -0.980. The molecule has 1 fully saturated rings. The quantitative estimate of drug-likeness (QED) is 0.813. The Morgan fingerprint density at radius 3 is 3.25 bits per heavy atom. The highest BCUT2D eigenvalue weighted by Gasteiger charge is 2.21. The maximum Gasteiger partial charge on any atom is 0.367 e. The molecule has 0 radical (unpaired) electrons. The summed E-state index contributed by atoms with van der Waals surface area (Å²) in [4.78, 5) is 18.3. The first-order valence-corrected chi connectivity index (χ1v) is 8.05. The molecule has 2 heterocycles. The van der Waals surface area contributed by atoms with Gasteiger partial charge in [0.1, 0.15) is 0 Å². The second-order valence-electron chi connectivity index (χ2n) is 5.12. The number of thiazole rings is 1. The molecular formula is C14H22N2O3S. The molecule has 1 aromatic rings. The number of ether oxygens (including phenoxy) is 1. The van der Waals surface area contributed by atoms with E-state index in [1.807, 2.05) is 5.38 Å². The molecule has 1 unspecified atom stereocenters. The molecular weight excluding hydrogens is 276 g/mol. The lowest BCUT2D eigenvalue weighted by Gasteiger charge is -2.31. The van der Waals surface area contributed by atoms with E-state index in [1.54, 1.807) is 6.92 Å². The first-order chi connectivity index (χ1) is 9.72. The maximum absolute atomic E-state index is 11.6. The van der Waals surface area contributed by atoms with E-state index in [9.17, 15) is 4.79 Å². The van der Waals surface area contributed by atoms with Crippen LogP contribution in [0.1, 0.15) is 41.7 Å². The van der Waals surface area contributed by atoms with Crippen LogP contribution in [0.25, 0.3) is 0 Å². The Morgan fingerprint density at radius 2 is 2.50 bits per heavy atom. The van der Waals surface area contributed by atoms with Crippen LogP contribution in [0.15, 0.2) is 5.38 Å². The SMILES string of the molecule is CCOC(=O)c1nc(CN2CCCC(CCO)C2)cs1. The number of nitrogens with zero attached hydrogens (tertiary/aromatic N) is 2. The van der Waals surface area contributed by atoms with Crippen LogP contribution in [-0.4, -0.2) is 47.3 Å². The molecule has 112 valence electrons. The summed E-state index contributed by atoms with van der Waals surface area (Å²) in [5.74, 6) is 0.248. The topological polar surface area (TPSA) is 62.7 Å². The Labute approximate surface area is 123 Å². The van der Waals surface area contributed by atoms with Gasteiger partial charge in [-0.1, -0.05) is 0 Å². The van der Waals surface area contributed by atoms with Crippen molar-refractivity contribution in [3.8, 4) is 0 Å². The number of aliphatic hydroxyl groups excluding tert-OH is 1. The van der Waals surface area contributed by atoms with Gasteiger partial charge in [-0.25, -0.2) is 9.78 Å². The zero-order chi connectivity index (χ0) is 14.4. The smallest absolute Gasteiger partial charge is 0.367 e. The highest BCUT2D eigenvalue weighted by Crippen LogP contribution is 2.21. The van der Waals surface area contributed by atoms with E-state index in [2.05, 4.69) is 9.88 Å². The molecule has 20 heavy (non-hydrogen) atoms. The predicted molar refractivity (Wildman–Crippen MR) is 77.8 cm³/mol. The van der Waals surface area contributed by atoms with Crippen LogP contribution in [-0.2, 0) is 11.3 Å². The number of likely N-dealkylation sites (tertiary alicyclic amines) is 1. The molecule has 1 atom stereocenters. The summed E-state index contributed by atoms with van der Waals surface area (Å²) >= 11 is 1.34. The Kier molecular flexibility index (Phi) is 5.94. The van der Waals surface area contributed by atoms with Crippen molar-refractivity contribution in [2.24, 2.45) is 5.92 Å². The lowest BCUT2D eigenvalue weighted by atomic mass is 9.95. The van der Waals surface area contributed by atoms with Gasteiger partial charge in [0.2, 0.25) is 5.01 Å². The van der Waals surface area contributed by atoms with Crippen molar-refractivity contribution in [2.45, 2.75) is 32.7 Å². The number of carbonyl (C=O) groups excluding carboxylic acids is 1. The van der Waals surface area contributed by atoms with E-state index >= 15 is 0 Å². The fourth-order valence-corrected chi connectivity index (χ4v) is 3.31. The van der Waals surface area contributed by atoms with Gasteiger partial charge in [0.05, 0.1) is 12.3 Å². The van der Waals surface area contributed by atoms with Crippen molar-refractivity contribution < 1.29 is 14.6 Å². The van der Waals surface area contributed by atoms with Crippen molar-refractivity contribution >= 4 is 17.3 Å². The molecule has 1 aliphatic heterocycles. The van der Waals surface area contributed by atoms with Crippen LogP contribution in [0.5, 0.6) is 0 Å². The second-order valence-corrected chi connectivity index (χ2v) is 5.98. The first-order valence-electron chi connectivity index (χ1n) is 7.17. The number of aromatic nitrogens is 1. The maximum atomic E-state index is 11.6. The van der Waals surface area contributed by atoms with Crippen LogP contribution in [0.2, 0.25) is 0 Å². The summed E-state index contributed by atoms with van der Waals surface area (Å²) in [5.41, 5.74) is 0.933. The van der Waals surface area contributed by atoms with Gasteiger partial charge >= 0.3 is 5.97 Å². The van der Waals surface area contributed by atoms with Crippen molar-refractivity contribution in [2.75, 3.05) is 26.3 Å². The van der Waals surface area contributed by atoms with E-state index in [0.29, 0.717) is 17.5 Å². The number of rotatable bonds is 6. The minimum atomic E-state index is -0.333. The van der Waals surface area contributed by atoms with Crippen LogP contribution < -0.4 is 0 Å². The van der Waals surface area contributed by atoms with Gasteiger partial charge in [-0.15, -0.1) is 11.3 Å². The minimum absolute atomic E-state index is 0.266. The monoisotopic (exact) mass is 298 g/mol. The zero-order valence-electron chi connectivity index (χ0n) is 11.9. The number of carbonyl (C=O) groups is 1. The third kappa shape index (κ3) is 4.26. The van der Waals surface area contributed by atoms with Crippen molar-refractivity contribution in [3.05, 3.63) is 16.1 Å². The summed E-state index contributed by atoms with van der Waals surface area (Å²) in [6.45, 7) is 5.28. The van der Waals surface area contributed by atoms with Crippen LogP contribution in [0.4, 0.5) is 0 Å². The predicted octanol–water partition coefficient (Wildman–Crippen LogP) is 1.91. The number of esters is 1. The largest absolute Gasteiger partial charge is 0.461 e. The summed E-state index contributed by atoms with van der Waals surface area (Å²) in [5, 5.41) is 11.4. The van der Waals surface area contributed by atoms with Gasteiger partial charge in [0.15, 0.2) is 0 Å². The van der Waals surface area contributed by atoms with Gasteiger partial charge in [0, 0.05) is 25.1 Å². The summed E-state index contributed by atoms with van der Waals surface area (Å²) < 4.78 is 4.95. The van der Waals surface area contributed by atoms with Crippen LogP contribution >= 0.6 is 11.3 Å². The van der Waals surface area contributed by atoms with E-state index in [-0.39, 0.29) is 12.6 Å². The summed E-state index contributed by atoms with van der Waals surface area (Å²) in [6.07, 6.45) is 3.24. The van der Waals surface area contributed by atoms with Gasteiger partial charge in [-0.2, -0.15) is 0 Å².